The van der Waals surface area contributed by atoms with Crippen molar-refractivity contribution in [3.05, 3.63) is 47.2 Å². The van der Waals surface area contributed by atoms with Gasteiger partial charge in [0.1, 0.15) is 6.61 Å². The highest BCUT2D eigenvalue weighted by Crippen LogP contribution is 2.27. The van der Waals surface area contributed by atoms with Gasteiger partial charge in [0.05, 0.1) is 24.2 Å². The number of anilines is 1. The summed E-state index contributed by atoms with van der Waals surface area (Å²) in [6, 6.07) is 11.6. The molecule has 0 spiro atoms. The van der Waals surface area contributed by atoms with Gasteiger partial charge < -0.3 is 19.9 Å². The average molecular weight is 380 g/mol. The Morgan fingerprint density at radius 2 is 2.18 bits per heavy atom. The van der Waals surface area contributed by atoms with Crippen LogP contribution in [0.25, 0.3) is 0 Å². The maximum absolute atomic E-state index is 12.6. The van der Waals surface area contributed by atoms with E-state index < -0.39 is 0 Å². The Labute approximate surface area is 164 Å². The summed E-state index contributed by atoms with van der Waals surface area (Å²) in [5, 5.41) is 20.2. The number of rotatable bonds is 4. The maximum Gasteiger partial charge on any atom is 0.410 e. The summed E-state index contributed by atoms with van der Waals surface area (Å²) < 4.78 is 5.49. The number of carbonyl (C=O) groups is 1. The lowest BCUT2D eigenvalue weighted by Gasteiger charge is -2.40. The Bertz CT molecular complexity index is 859. The van der Waals surface area contributed by atoms with Gasteiger partial charge in [0.25, 0.3) is 0 Å². The monoisotopic (exact) mass is 380 g/mol. The predicted molar refractivity (Wildman–Crippen MR) is 104 cm³/mol. The van der Waals surface area contributed by atoms with E-state index in [1.54, 1.807) is 4.90 Å². The summed E-state index contributed by atoms with van der Waals surface area (Å²) in [6.07, 6.45) is 0.839. The molecule has 1 saturated heterocycles. The number of hydrogen-bond acceptors (Lipinski definition) is 6. The van der Waals surface area contributed by atoms with Crippen molar-refractivity contribution in [2.24, 2.45) is 0 Å². The van der Waals surface area contributed by atoms with Crippen molar-refractivity contribution in [2.45, 2.75) is 32.0 Å². The van der Waals surface area contributed by atoms with E-state index in [-0.39, 0.29) is 25.2 Å². The third-order valence-corrected chi connectivity index (χ3v) is 5.33. The number of benzene rings is 1. The number of fused-ring (bicyclic) bond motifs is 1. The third kappa shape index (κ3) is 3.80. The van der Waals surface area contributed by atoms with Crippen molar-refractivity contribution in [2.75, 3.05) is 31.1 Å². The van der Waals surface area contributed by atoms with E-state index in [0.717, 1.165) is 36.6 Å². The lowest BCUT2D eigenvalue weighted by atomic mass is 10.1. The number of H-pyrrole nitrogens is 1. The summed E-state index contributed by atoms with van der Waals surface area (Å²) in [5.41, 5.74) is 3.32. The molecule has 3 heterocycles. The SMILES string of the molecule is N#CC[C@H]1CN(c2n[nH]c3c2CCNC3)CCN1C(=O)OCc1ccccc1. The van der Waals surface area contributed by atoms with E-state index in [0.29, 0.717) is 19.6 Å². The Morgan fingerprint density at radius 3 is 3.00 bits per heavy atom. The first-order valence-electron chi connectivity index (χ1n) is 9.62. The number of aromatic amines is 1. The Morgan fingerprint density at radius 1 is 1.32 bits per heavy atom. The lowest BCUT2D eigenvalue weighted by molar-refractivity contribution is 0.0768. The molecule has 0 bridgehead atoms. The van der Waals surface area contributed by atoms with Gasteiger partial charge in [-0.2, -0.15) is 10.4 Å². The molecule has 2 aliphatic heterocycles. The van der Waals surface area contributed by atoms with Gasteiger partial charge >= 0.3 is 6.09 Å². The normalized spacial score (nSPS) is 19.0. The van der Waals surface area contributed by atoms with Gasteiger partial charge in [-0.1, -0.05) is 30.3 Å². The van der Waals surface area contributed by atoms with Crippen molar-refractivity contribution in [3.8, 4) is 6.07 Å². The predicted octanol–water partition coefficient (Wildman–Crippen LogP) is 1.80. The Hall–Kier alpha value is -3.05. The molecule has 28 heavy (non-hydrogen) atoms. The van der Waals surface area contributed by atoms with Crippen LogP contribution in [-0.4, -0.2) is 53.4 Å². The van der Waals surface area contributed by atoms with Crippen LogP contribution in [-0.2, 0) is 24.3 Å². The fraction of sp³-hybridized carbons (Fsp3) is 0.450. The molecule has 0 radical (unpaired) electrons. The highest BCUT2D eigenvalue weighted by atomic mass is 16.6. The minimum Gasteiger partial charge on any atom is -0.445 e. The molecule has 4 rings (SSSR count). The number of amides is 1. The van der Waals surface area contributed by atoms with Crippen LogP contribution in [0, 0.1) is 11.3 Å². The van der Waals surface area contributed by atoms with Gasteiger partial charge in [0.15, 0.2) is 5.82 Å². The lowest BCUT2D eigenvalue weighted by Crippen LogP contribution is -2.55. The zero-order chi connectivity index (χ0) is 19.3. The Kier molecular flexibility index (Phi) is 5.44. The van der Waals surface area contributed by atoms with E-state index in [9.17, 15) is 10.1 Å². The zero-order valence-electron chi connectivity index (χ0n) is 15.7. The molecule has 1 fully saturated rings. The Balaban J connectivity index is 1.42. The van der Waals surface area contributed by atoms with Crippen molar-refractivity contribution in [1.29, 1.82) is 5.26 Å². The van der Waals surface area contributed by atoms with E-state index in [1.807, 2.05) is 30.3 Å². The molecule has 1 aromatic heterocycles. The molecule has 146 valence electrons. The molecule has 1 amide bonds. The van der Waals surface area contributed by atoms with Gasteiger partial charge in [-0.3, -0.25) is 5.10 Å². The topological polar surface area (TPSA) is 97.3 Å². The fourth-order valence-electron chi connectivity index (χ4n) is 3.86. The minimum absolute atomic E-state index is 0.212. The maximum atomic E-state index is 12.6. The second-order valence-electron chi connectivity index (χ2n) is 7.13. The van der Waals surface area contributed by atoms with E-state index in [1.165, 1.54) is 5.56 Å². The molecule has 0 aliphatic carbocycles. The van der Waals surface area contributed by atoms with Gasteiger partial charge in [0.2, 0.25) is 0 Å². The van der Waals surface area contributed by atoms with E-state index in [4.69, 9.17) is 4.74 Å². The smallest absolute Gasteiger partial charge is 0.410 e. The zero-order valence-corrected chi connectivity index (χ0v) is 15.7. The molecule has 0 unspecified atom stereocenters. The molecule has 2 aliphatic rings. The van der Waals surface area contributed by atoms with Crippen LogP contribution in [0.15, 0.2) is 30.3 Å². The van der Waals surface area contributed by atoms with E-state index >= 15 is 0 Å². The van der Waals surface area contributed by atoms with Gasteiger partial charge in [-0.05, 0) is 18.5 Å². The van der Waals surface area contributed by atoms with Gasteiger partial charge in [-0.15, -0.1) is 0 Å². The molecule has 2 N–H and O–H groups in total. The summed E-state index contributed by atoms with van der Waals surface area (Å²) >= 11 is 0. The van der Waals surface area contributed by atoms with Crippen molar-refractivity contribution >= 4 is 11.9 Å². The average Bonchev–Trinajstić information content (AvgIpc) is 3.17. The van der Waals surface area contributed by atoms with Crippen LogP contribution in [0.2, 0.25) is 0 Å². The van der Waals surface area contributed by atoms with E-state index in [2.05, 4.69) is 26.5 Å². The van der Waals surface area contributed by atoms with Crippen LogP contribution >= 0.6 is 0 Å². The largest absolute Gasteiger partial charge is 0.445 e. The molecule has 8 nitrogen and oxygen atoms in total. The van der Waals surface area contributed by atoms with Crippen molar-refractivity contribution in [1.82, 2.24) is 20.4 Å². The number of aromatic nitrogens is 2. The first-order chi connectivity index (χ1) is 13.8. The number of ether oxygens (including phenoxy) is 1. The summed E-state index contributed by atoms with van der Waals surface area (Å²) in [5.74, 6) is 0.955. The molecule has 1 aromatic carbocycles. The molecule has 1 atom stereocenters. The van der Waals surface area contributed by atoms with Crippen LogP contribution in [0.4, 0.5) is 10.6 Å². The quantitative estimate of drug-likeness (QED) is 0.839. The van der Waals surface area contributed by atoms with Crippen molar-refractivity contribution < 1.29 is 9.53 Å². The second kappa shape index (κ2) is 8.31. The number of nitrogens with one attached hydrogen (secondary N) is 2. The third-order valence-electron chi connectivity index (χ3n) is 5.33. The number of nitrogens with zero attached hydrogens (tertiary/aromatic N) is 4. The van der Waals surface area contributed by atoms with Crippen LogP contribution in [0.5, 0.6) is 0 Å². The molecule has 8 heteroatoms. The number of nitriles is 1. The number of hydrogen-bond donors (Lipinski definition) is 2. The van der Waals surface area contributed by atoms with Gasteiger partial charge in [-0.25, -0.2) is 4.79 Å². The molecule has 2 aromatic rings. The number of piperazine rings is 1. The van der Waals surface area contributed by atoms with Crippen molar-refractivity contribution in [3.63, 3.8) is 0 Å². The summed E-state index contributed by atoms with van der Waals surface area (Å²) in [6.45, 7) is 3.74. The standard InChI is InChI=1S/C20H24N6O2/c21-8-6-16-13-25(19-17-7-9-22-12-18(17)23-24-19)10-11-26(16)20(27)28-14-15-4-2-1-3-5-15/h1-5,16,22H,6-7,9-14H2,(H,23,24)/t16-/m0/s1. The highest BCUT2D eigenvalue weighted by Gasteiger charge is 2.33. The molecular weight excluding hydrogens is 356 g/mol. The highest BCUT2D eigenvalue weighted by molar-refractivity contribution is 5.69. The second-order valence-corrected chi connectivity index (χ2v) is 7.13. The minimum atomic E-state index is -0.364. The summed E-state index contributed by atoms with van der Waals surface area (Å²) in [4.78, 5) is 16.5. The molecule has 0 saturated carbocycles. The van der Waals surface area contributed by atoms with Crippen LogP contribution in [0.1, 0.15) is 23.2 Å². The van der Waals surface area contributed by atoms with Crippen LogP contribution < -0.4 is 10.2 Å². The van der Waals surface area contributed by atoms with Gasteiger partial charge in [0, 0.05) is 31.7 Å². The van der Waals surface area contributed by atoms with Crippen LogP contribution in [0.3, 0.4) is 0 Å². The molecular formula is C20H24N6O2. The summed E-state index contributed by atoms with van der Waals surface area (Å²) in [7, 11) is 0. The first kappa shape index (κ1) is 18.3. The number of carbonyl (C=O) groups excluding carboxylic acids is 1. The fourth-order valence-corrected chi connectivity index (χ4v) is 3.86. The first-order valence-corrected chi connectivity index (χ1v) is 9.62.